The molecule has 0 fully saturated rings. The van der Waals surface area contributed by atoms with Crippen molar-refractivity contribution in [3.63, 3.8) is 0 Å². The predicted molar refractivity (Wildman–Crippen MR) is 57.2 cm³/mol. The molecule has 0 saturated heterocycles. The Kier molecular flexibility index (Phi) is 7.17. The molecule has 0 bridgehead atoms. The van der Waals surface area contributed by atoms with Crippen molar-refractivity contribution in [1.82, 2.24) is 5.32 Å². The second-order valence-electron chi connectivity index (χ2n) is 2.25. The summed E-state index contributed by atoms with van der Waals surface area (Å²) < 4.78 is 5.24. The van der Waals surface area contributed by atoms with Crippen LogP contribution in [0.25, 0.3) is 0 Å². The van der Waals surface area contributed by atoms with E-state index in [-0.39, 0.29) is 0 Å². The van der Waals surface area contributed by atoms with E-state index in [1.165, 1.54) is 5.70 Å². The van der Waals surface area contributed by atoms with Crippen molar-refractivity contribution in [1.29, 1.82) is 0 Å². The van der Waals surface area contributed by atoms with Crippen LogP contribution in [0.3, 0.4) is 0 Å². The Hall–Kier alpha value is -0.920. The van der Waals surface area contributed by atoms with E-state index >= 15 is 0 Å². The lowest BCUT2D eigenvalue weighted by atomic mass is 10.1. The van der Waals surface area contributed by atoms with Crippen molar-refractivity contribution in [3.8, 4) is 0 Å². The van der Waals surface area contributed by atoms with Gasteiger partial charge in [-0.05, 0) is 18.9 Å². The van der Waals surface area contributed by atoms with Gasteiger partial charge in [0, 0.05) is 0 Å². The zero-order valence-corrected chi connectivity index (χ0v) is 9.18. The van der Waals surface area contributed by atoms with Gasteiger partial charge in [-0.3, -0.25) is 0 Å². The minimum Gasteiger partial charge on any atom is -0.472 e. The predicted octanol–water partition coefficient (Wildman–Crippen LogP) is 3.18. The van der Waals surface area contributed by atoms with Gasteiger partial charge in [-0.15, -0.1) is 0 Å². The van der Waals surface area contributed by atoms with E-state index < -0.39 is 0 Å². The van der Waals surface area contributed by atoms with Crippen LogP contribution in [0.5, 0.6) is 0 Å². The summed E-state index contributed by atoms with van der Waals surface area (Å²) in [5.41, 5.74) is 1.28. The van der Waals surface area contributed by atoms with E-state index in [2.05, 4.69) is 11.4 Å². The smallest absolute Gasteiger partial charge is 0.159 e. The zero-order chi connectivity index (χ0) is 10.1. The maximum atomic E-state index is 5.24. The fourth-order valence-corrected chi connectivity index (χ4v) is 1.15. The summed E-state index contributed by atoms with van der Waals surface area (Å²) in [7, 11) is 0. The summed E-state index contributed by atoms with van der Waals surface area (Å²) in [6.07, 6.45) is 6.45. The molecule has 0 unspecified atom stereocenters. The number of rotatable bonds is 0. The Morgan fingerprint density at radius 2 is 1.92 bits per heavy atom. The first-order valence-electron chi connectivity index (χ1n) is 5.23. The Morgan fingerprint density at radius 3 is 2.54 bits per heavy atom. The molecule has 76 valence electrons. The van der Waals surface area contributed by atoms with Crippen LogP contribution in [-0.2, 0) is 4.74 Å². The Bertz CT molecular complexity index is 183. The highest BCUT2D eigenvalue weighted by molar-refractivity contribution is 5.25. The number of allylic oxidation sites excluding steroid dienone is 3. The summed E-state index contributed by atoms with van der Waals surface area (Å²) in [4.78, 5) is 0. The summed E-state index contributed by atoms with van der Waals surface area (Å²) in [6, 6.07) is 0. The number of nitrogens with one attached hydrogen (secondary N) is 1. The monoisotopic (exact) mass is 183 g/mol. The van der Waals surface area contributed by atoms with Crippen molar-refractivity contribution in [2.45, 2.75) is 40.5 Å². The zero-order valence-electron chi connectivity index (χ0n) is 9.18. The first kappa shape index (κ1) is 12.1. The van der Waals surface area contributed by atoms with Gasteiger partial charge in [0.15, 0.2) is 6.73 Å². The molecule has 0 amide bonds. The van der Waals surface area contributed by atoms with Crippen LogP contribution in [-0.4, -0.2) is 6.73 Å². The number of hydrogen-bond acceptors (Lipinski definition) is 2. The molecule has 0 saturated carbocycles. The highest BCUT2D eigenvalue weighted by atomic mass is 16.5. The molecule has 13 heavy (non-hydrogen) atoms. The lowest BCUT2D eigenvalue weighted by Gasteiger charge is -2.03. The molecule has 0 spiro atoms. The van der Waals surface area contributed by atoms with Crippen LogP contribution in [0.2, 0.25) is 0 Å². The minimum atomic E-state index is 0.662. The van der Waals surface area contributed by atoms with E-state index in [9.17, 15) is 0 Å². The fraction of sp³-hybridized carbons (Fsp3) is 0.636. The molecule has 1 N–H and O–H groups in total. The van der Waals surface area contributed by atoms with Gasteiger partial charge in [-0.2, -0.15) is 0 Å². The van der Waals surface area contributed by atoms with Crippen molar-refractivity contribution in [2.24, 2.45) is 0 Å². The minimum absolute atomic E-state index is 0.662. The normalized spacial score (nSPS) is 16.9. The molecule has 1 aliphatic heterocycles. The summed E-state index contributed by atoms with van der Waals surface area (Å²) in [6.45, 7) is 8.66. The van der Waals surface area contributed by atoms with Crippen molar-refractivity contribution >= 4 is 0 Å². The molecule has 0 radical (unpaired) electrons. The van der Waals surface area contributed by atoms with Gasteiger partial charge in [0.1, 0.15) is 5.76 Å². The van der Waals surface area contributed by atoms with Crippen LogP contribution >= 0.6 is 0 Å². The molecule has 2 heteroatoms. The molecule has 0 aromatic heterocycles. The van der Waals surface area contributed by atoms with Gasteiger partial charge in [-0.1, -0.05) is 33.8 Å². The lowest BCUT2D eigenvalue weighted by molar-refractivity contribution is 0.244. The molecule has 1 heterocycles. The third-order valence-electron chi connectivity index (χ3n) is 1.64. The van der Waals surface area contributed by atoms with E-state index in [0.717, 1.165) is 18.6 Å². The largest absolute Gasteiger partial charge is 0.472 e. The molecule has 1 aliphatic carbocycles. The fourth-order valence-electron chi connectivity index (χ4n) is 1.15. The van der Waals surface area contributed by atoms with Crippen LogP contribution in [0.15, 0.2) is 23.6 Å². The van der Waals surface area contributed by atoms with Gasteiger partial charge in [0.2, 0.25) is 0 Å². The van der Waals surface area contributed by atoms with E-state index in [1.54, 1.807) is 0 Å². The summed E-state index contributed by atoms with van der Waals surface area (Å²) in [5.74, 6) is 1.04. The Balaban J connectivity index is 0.000000322. The van der Waals surface area contributed by atoms with E-state index in [4.69, 9.17) is 4.74 Å². The van der Waals surface area contributed by atoms with Crippen LogP contribution in [0.4, 0.5) is 0 Å². The SMILES string of the molecule is C1=CC2=C(CC1)NCO2.CC.CC. The molecule has 0 aromatic carbocycles. The highest BCUT2D eigenvalue weighted by Gasteiger charge is 2.13. The summed E-state index contributed by atoms with van der Waals surface area (Å²) >= 11 is 0. The second-order valence-corrected chi connectivity index (χ2v) is 2.25. The summed E-state index contributed by atoms with van der Waals surface area (Å²) in [5, 5.41) is 3.16. The molecule has 0 atom stereocenters. The van der Waals surface area contributed by atoms with Crippen molar-refractivity contribution in [2.75, 3.05) is 6.73 Å². The molecule has 2 rings (SSSR count). The molecular formula is C11H21NO. The average molecular weight is 183 g/mol. The molecule has 2 nitrogen and oxygen atoms in total. The van der Waals surface area contributed by atoms with Gasteiger partial charge in [0.25, 0.3) is 0 Å². The molecule has 2 aliphatic rings. The first-order valence-corrected chi connectivity index (χ1v) is 5.23. The van der Waals surface area contributed by atoms with Gasteiger partial charge in [0.05, 0.1) is 5.70 Å². The highest BCUT2D eigenvalue weighted by Crippen LogP contribution is 2.20. The number of ether oxygens (including phenoxy) is 1. The van der Waals surface area contributed by atoms with Crippen LogP contribution in [0, 0.1) is 0 Å². The lowest BCUT2D eigenvalue weighted by Crippen LogP contribution is -2.07. The molecular weight excluding hydrogens is 162 g/mol. The molecule has 0 aromatic rings. The van der Waals surface area contributed by atoms with Gasteiger partial charge in [-0.25, -0.2) is 0 Å². The van der Waals surface area contributed by atoms with E-state index in [0.29, 0.717) is 6.73 Å². The third-order valence-corrected chi connectivity index (χ3v) is 1.64. The van der Waals surface area contributed by atoms with Crippen LogP contribution < -0.4 is 5.32 Å². The third kappa shape index (κ3) is 3.53. The van der Waals surface area contributed by atoms with Crippen molar-refractivity contribution in [3.05, 3.63) is 23.6 Å². The second kappa shape index (κ2) is 7.71. The maximum Gasteiger partial charge on any atom is 0.159 e. The Labute approximate surface area is 81.7 Å². The average Bonchev–Trinajstić information content (AvgIpc) is 2.71. The topological polar surface area (TPSA) is 21.3 Å². The van der Waals surface area contributed by atoms with Crippen molar-refractivity contribution < 1.29 is 4.74 Å². The first-order chi connectivity index (χ1) is 6.47. The van der Waals surface area contributed by atoms with Gasteiger partial charge >= 0.3 is 0 Å². The van der Waals surface area contributed by atoms with E-state index in [1.807, 2.05) is 33.8 Å². The maximum absolute atomic E-state index is 5.24. The van der Waals surface area contributed by atoms with Gasteiger partial charge < -0.3 is 10.1 Å². The quantitative estimate of drug-likeness (QED) is 0.622. The Morgan fingerprint density at radius 1 is 1.23 bits per heavy atom. The number of hydrogen-bond donors (Lipinski definition) is 1. The van der Waals surface area contributed by atoms with Crippen LogP contribution in [0.1, 0.15) is 40.5 Å². The standard InChI is InChI=1S/C7H9NO.2C2H6/c1-2-4-7-6(3-1)8-5-9-7;2*1-2/h2,4,8H,1,3,5H2;2*1-2H3.